The van der Waals surface area contributed by atoms with Gasteiger partial charge in [0, 0.05) is 19.3 Å². The first-order valence-electron chi connectivity index (χ1n) is 30.6. The Bertz CT molecular complexity index is 1660. The van der Waals surface area contributed by atoms with Crippen LogP contribution in [0.1, 0.15) is 252 Å². The summed E-state index contributed by atoms with van der Waals surface area (Å²) >= 11 is 0. The van der Waals surface area contributed by atoms with Crippen LogP contribution in [-0.4, -0.2) is 89.2 Å². The fraction of sp³-hybridized carbons (Fsp3) is 0.723. The van der Waals surface area contributed by atoms with Crippen LogP contribution in [-0.2, 0) is 42.9 Å². The van der Waals surface area contributed by atoms with E-state index in [2.05, 4.69) is 106 Å². The number of allylic oxidation sites excluding steroid dienone is 14. The third-order valence-corrected chi connectivity index (χ3v) is 13.5. The third kappa shape index (κ3) is 42.5. The molecule has 0 radical (unpaired) electrons. The van der Waals surface area contributed by atoms with Crippen molar-refractivity contribution in [3.8, 4) is 0 Å². The van der Waals surface area contributed by atoms with Crippen molar-refractivity contribution in [3.63, 3.8) is 0 Å². The molecule has 1 aliphatic rings. The molecule has 0 aromatic heterocycles. The monoisotopic (exact) mass is 1080 g/mol. The summed E-state index contributed by atoms with van der Waals surface area (Å²) in [6.07, 6.45) is 55.5. The van der Waals surface area contributed by atoms with E-state index in [1.807, 2.05) is 0 Å². The molecule has 12 nitrogen and oxygen atoms in total. The lowest BCUT2D eigenvalue weighted by molar-refractivity contribution is -0.301. The van der Waals surface area contributed by atoms with Crippen LogP contribution in [0, 0.1) is 0 Å². The Morgan fingerprint density at radius 1 is 0.442 bits per heavy atom. The molecule has 1 saturated heterocycles. The Morgan fingerprint density at radius 2 is 0.818 bits per heavy atom. The van der Waals surface area contributed by atoms with Gasteiger partial charge in [0.1, 0.15) is 18.8 Å². The number of unbranched alkanes of at least 4 members (excludes halogenated alkanes) is 23. The van der Waals surface area contributed by atoms with Gasteiger partial charge in [-0.1, -0.05) is 221 Å². The molecule has 440 valence electrons. The smallest absolute Gasteiger partial charge is 0.335 e. The van der Waals surface area contributed by atoms with E-state index in [0.29, 0.717) is 19.3 Å². The normalized spacial score (nSPS) is 18.6. The summed E-state index contributed by atoms with van der Waals surface area (Å²) in [7, 11) is 0. The average molecular weight is 1080 g/mol. The average Bonchev–Trinajstić information content (AvgIpc) is 3.42. The second-order valence-corrected chi connectivity index (χ2v) is 20.6. The van der Waals surface area contributed by atoms with Crippen molar-refractivity contribution < 1.29 is 58.2 Å². The maximum absolute atomic E-state index is 13.1. The van der Waals surface area contributed by atoms with E-state index >= 15 is 0 Å². The zero-order chi connectivity index (χ0) is 56.1. The zero-order valence-electron chi connectivity index (χ0n) is 48.4. The summed E-state index contributed by atoms with van der Waals surface area (Å²) in [4.78, 5) is 51.1. The lowest BCUT2D eigenvalue weighted by Gasteiger charge is -2.40. The first-order valence-corrected chi connectivity index (χ1v) is 30.6. The van der Waals surface area contributed by atoms with Gasteiger partial charge in [-0.15, -0.1) is 0 Å². The summed E-state index contributed by atoms with van der Waals surface area (Å²) in [6, 6.07) is 0. The molecule has 0 aromatic carbocycles. The van der Waals surface area contributed by atoms with Crippen LogP contribution in [0.25, 0.3) is 0 Å². The van der Waals surface area contributed by atoms with E-state index in [1.165, 1.54) is 70.6 Å². The van der Waals surface area contributed by atoms with Gasteiger partial charge in [0.25, 0.3) is 0 Å². The molecule has 1 rings (SSSR count). The number of aliphatic hydroxyl groups excluding tert-OH is 2. The molecule has 0 aromatic rings. The van der Waals surface area contributed by atoms with Crippen LogP contribution in [0.5, 0.6) is 0 Å². The molecule has 0 aliphatic carbocycles. The number of carbonyl (C=O) groups excluding carboxylic acids is 3. The van der Waals surface area contributed by atoms with E-state index < -0.39 is 67.3 Å². The topological polar surface area (TPSA) is 175 Å². The summed E-state index contributed by atoms with van der Waals surface area (Å²) in [5, 5.41) is 31.5. The molecular weight excluding hydrogens is 973 g/mol. The van der Waals surface area contributed by atoms with Crippen molar-refractivity contribution in [1.82, 2.24) is 0 Å². The minimum atomic E-state index is -1.92. The van der Waals surface area contributed by atoms with Crippen LogP contribution in [0.15, 0.2) is 85.1 Å². The van der Waals surface area contributed by atoms with Crippen molar-refractivity contribution >= 4 is 23.9 Å². The molecule has 6 unspecified atom stereocenters. The number of carbonyl (C=O) groups is 4. The number of ether oxygens (including phenoxy) is 5. The maximum Gasteiger partial charge on any atom is 0.335 e. The summed E-state index contributed by atoms with van der Waals surface area (Å²) in [5.74, 6) is -3.16. The zero-order valence-corrected chi connectivity index (χ0v) is 48.4. The first kappa shape index (κ1) is 70.9. The third-order valence-electron chi connectivity index (χ3n) is 13.5. The maximum atomic E-state index is 13.1. The van der Waals surface area contributed by atoms with E-state index in [9.17, 15) is 34.5 Å². The Balaban J connectivity index is 2.67. The minimum absolute atomic E-state index is 0.0292. The second-order valence-electron chi connectivity index (χ2n) is 20.6. The minimum Gasteiger partial charge on any atom is -0.479 e. The molecule has 1 heterocycles. The highest BCUT2D eigenvalue weighted by molar-refractivity contribution is 5.74. The largest absolute Gasteiger partial charge is 0.479 e. The molecule has 0 bridgehead atoms. The molecule has 3 N–H and O–H groups in total. The fourth-order valence-corrected chi connectivity index (χ4v) is 8.78. The molecular formula is C65H108O12. The van der Waals surface area contributed by atoms with Gasteiger partial charge in [-0.25, -0.2) is 4.79 Å². The number of carboxylic acid groups (broad SMARTS) is 1. The highest BCUT2D eigenvalue weighted by Gasteiger charge is 2.50. The predicted molar refractivity (Wildman–Crippen MR) is 312 cm³/mol. The van der Waals surface area contributed by atoms with Crippen molar-refractivity contribution in [2.75, 3.05) is 13.2 Å². The van der Waals surface area contributed by atoms with Gasteiger partial charge in [-0.05, 0) is 96.3 Å². The quantitative estimate of drug-likeness (QED) is 0.0228. The molecule has 77 heavy (non-hydrogen) atoms. The van der Waals surface area contributed by atoms with Gasteiger partial charge in [0.15, 0.2) is 24.6 Å². The molecule has 1 aliphatic heterocycles. The van der Waals surface area contributed by atoms with Crippen LogP contribution in [0.2, 0.25) is 0 Å². The Labute approximate surface area is 467 Å². The van der Waals surface area contributed by atoms with Crippen molar-refractivity contribution in [1.29, 1.82) is 0 Å². The molecule has 0 amide bonds. The van der Waals surface area contributed by atoms with Gasteiger partial charge < -0.3 is 39.0 Å². The molecule has 1 fully saturated rings. The van der Waals surface area contributed by atoms with Crippen molar-refractivity contribution in [2.45, 2.75) is 289 Å². The van der Waals surface area contributed by atoms with Gasteiger partial charge in [-0.2, -0.15) is 0 Å². The molecule has 0 saturated carbocycles. The van der Waals surface area contributed by atoms with Crippen LogP contribution >= 0.6 is 0 Å². The number of carboxylic acids is 1. The van der Waals surface area contributed by atoms with Crippen LogP contribution in [0.4, 0.5) is 0 Å². The summed E-state index contributed by atoms with van der Waals surface area (Å²) in [5.41, 5.74) is 0. The Morgan fingerprint density at radius 3 is 1.27 bits per heavy atom. The van der Waals surface area contributed by atoms with Crippen molar-refractivity contribution in [3.05, 3.63) is 85.1 Å². The summed E-state index contributed by atoms with van der Waals surface area (Å²) in [6.45, 7) is 5.83. The Kier molecular flexibility index (Phi) is 48.4. The van der Waals surface area contributed by atoms with Crippen LogP contribution in [0.3, 0.4) is 0 Å². The second kappa shape index (κ2) is 52.6. The lowest BCUT2D eigenvalue weighted by atomic mass is 9.98. The van der Waals surface area contributed by atoms with Crippen molar-refractivity contribution in [2.24, 2.45) is 0 Å². The van der Waals surface area contributed by atoms with E-state index in [0.717, 1.165) is 122 Å². The van der Waals surface area contributed by atoms with Gasteiger partial charge in [-0.3, -0.25) is 14.4 Å². The molecule has 12 heteroatoms. The van der Waals surface area contributed by atoms with Gasteiger partial charge in [0.2, 0.25) is 0 Å². The van der Waals surface area contributed by atoms with Crippen LogP contribution < -0.4 is 0 Å². The van der Waals surface area contributed by atoms with Gasteiger partial charge in [0.05, 0.1) is 6.61 Å². The van der Waals surface area contributed by atoms with E-state index in [4.69, 9.17) is 23.7 Å². The number of aliphatic carboxylic acids is 1. The number of esters is 3. The fourth-order valence-electron chi connectivity index (χ4n) is 8.78. The summed E-state index contributed by atoms with van der Waals surface area (Å²) < 4.78 is 28.4. The SMILES string of the molecule is CC/C=C\C/C=C\C/C=C\C/C=C\CCCCCCC(=O)OC1C(OCC(COC(=O)CCCCCCCC/C=C\C/C=C\C/C=C\CCCCC)OC(=O)CCCCCCCCCCCCC)OC(C(=O)O)C(O)C1O. The Hall–Kier alpha value is -4.10. The highest BCUT2D eigenvalue weighted by atomic mass is 16.7. The van der Waals surface area contributed by atoms with Gasteiger partial charge >= 0.3 is 23.9 Å². The highest BCUT2D eigenvalue weighted by Crippen LogP contribution is 2.26. The number of hydrogen-bond donors (Lipinski definition) is 3. The predicted octanol–water partition coefficient (Wildman–Crippen LogP) is 15.9. The number of hydrogen-bond acceptors (Lipinski definition) is 11. The van der Waals surface area contributed by atoms with E-state index in [1.54, 1.807) is 0 Å². The first-order chi connectivity index (χ1) is 37.6. The number of aliphatic hydroxyl groups is 2. The molecule has 6 atom stereocenters. The lowest BCUT2D eigenvalue weighted by Crippen LogP contribution is -2.61. The number of rotatable bonds is 51. The van der Waals surface area contributed by atoms with E-state index in [-0.39, 0.29) is 25.9 Å². The molecule has 0 spiro atoms. The standard InChI is InChI=1S/C65H108O12/c1-4-7-10-13-16-19-22-24-26-28-29-31-32-34-37-39-42-45-48-51-57(66)73-54-56(75-58(67)52-49-46-43-40-36-21-18-15-12-9-6-3)55-74-65-63(61(70)60(69)62(77-65)64(71)72)76-59(68)53-50-47-44-41-38-35-33-30-27-25-23-20-17-14-11-8-5-2/h8,11,16-17,19-20,24-27,29,31,33,35,56,60-63,65,69-70H,4-7,9-10,12-15,18,21-23,28,30,32,34,36-55H2,1-3H3,(H,71,72)/b11-8-,19-16-,20-17-,26-24-,27-25-,31-29-,35-33-.